The molecule has 1 aromatic heterocycles. The quantitative estimate of drug-likeness (QED) is 0.772. The molecule has 1 amide bonds. The summed E-state index contributed by atoms with van der Waals surface area (Å²) in [6.45, 7) is 1.95. The molecule has 0 saturated carbocycles. The van der Waals surface area contributed by atoms with E-state index >= 15 is 0 Å². The number of carbonyl (C=O) groups excluding carboxylic acids is 1. The average molecular weight is 310 g/mol. The van der Waals surface area contributed by atoms with Crippen molar-refractivity contribution in [2.75, 3.05) is 5.32 Å². The lowest BCUT2D eigenvalue weighted by molar-refractivity contribution is -0.115. The maximum Gasteiger partial charge on any atom is 0.335 e. The first-order chi connectivity index (χ1) is 11.0. The van der Waals surface area contributed by atoms with Crippen molar-refractivity contribution in [2.45, 2.75) is 13.3 Å². The Balaban J connectivity index is 1.77. The number of rotatable bonds is 4. The molecule has 1 heterocycles. The van der Waals surface area contributed by atoms with Gasteiger partial charge in [-0.25, -0.2) is 4.79 Å². The molecule has 3 rings (SSSR count). The minimum Gasteiger partial charge on any atom is -0.478 e. The number of benzene rings is 2. The number of nitrogens with zero attached hydrogens (tertiary/aromatic N) is 1. The van der Waals surface area contributed by atoms with E-state index < -0.39 is 5.97 Å². The summed E-state index contributed by atoms with van der Waals surface area (Å²) < 4.78 is 5.20. The number of anilines is 1. The van der Waals surface area contributed by atoms with E-state index in [0.717, 1.165) is 10.9 Å². The van der Waals surface area contributed by atoms with E-state index in [9.17, 15) is 9.59 Å². The number of hydrogen-bond acceptors (Lipinski definition) is 4. The molecule has 116 valence electrons. The van der Waals surface area contributed by atoms with Gasteiger partial charge >= 0.3 is 5.97 Å². The number of carboxylic acid groups (broad SMARTS) is 1. The number of aryl methyl sites for hydroxylation is 1. The Morgan fingerprint density at radius 3 is 2.83 bits per heavy atom. The van der Waals surface area contributed by atoms with Gasteiger partial charge in [0.1, 0.15) is 5.69 Å². The zero-order chi connectivity index (χ0) is 16.4. The summed E-state index contributed by atoms with van der Waals surface area (Å²) in [5.74, 6) is -1.33. The van der Waals surface area contributed by atoms with Gasteiger partial charge in [0, 0.05) is 11.1 Å². The molecular weight excluding hydrogens is 296 g/mol. The van der Waals surface area contributed by atoms with Crippen LogP contribution >= 0.6 is 0 Å². The lowest BCUT2D eigenvalue weighted by atomic mass is 10.1. The zero-order valence-electron chi connectivity index (χ0n) is 12.4. The number of nitrogens with one attached hydrogen (secondary N) is 1. The third kappa shape index (κ3) is 3.21. The molecule has 2 aromatic carbocycles. The molecular formula is C17H14N2O4. The van der Waals surface area contributed by atoms with E-state index in [4.69, 9.17) is 9.63 Å². The Bertz CT molecular complexity index is 898. The van der Waals surface area contributed by atoms with Gasteiger partial charge in [-0.05, 0) is 37.3 Å². The molecule has 0 aliphatic heterocycles. The van der Waals surface area contributed by atoms with E-state index in [1.807, 2.05) is 25.1 Å². The van der Waals surface area contributed by atoms with Crippen LogP contribution in [0.15, 0.2) is 47.0 Å². The Morgan fingerprint density at radius 2 is 2.04 bits per heavy atom. The Hall–Kier alpha value is -3.15. The summed E-state index contributed by atoms with van der Waals surface area (Å²) in [4.78, 5) is 23.1. The lowest BCUT2D eigenvalue weighted by Gasteiger charge is -2.05. The topological polar surface area (TPSA) is 92.4 Å². The van der Waals surface area contributed by atoms with Gasteiger partial charge in [0.15, 0.2) is 5.58 Å². The molecule has 6 heteroatoms. The predicted octanol–water partition coefficient (Wildman–Crippen LogP) is 3.02. The van der Waals surface area contributed by atoms with Gasteiger partial charge in [0.2, 0.25) is 5.91 Å². The van der Waals surface area contributed by atoms with Crippen molar-refractivity contribution in [2.24, 2.45) is 0 Å². The highest BCUT2D eigenvalue weighted by molar-refractivity contribution is 5.96. The Kier molecular flexibility index (Phi) is 3.80. The third-order valence-electron chi connectivity index (χ3n) is 3.42. The maximum absolute atomic E-state index is 12.1. The molecule has 0 unspecified atom stereocenters. The van der Waals surface area contributed by atoms with Crippen molar-refractivity contribution >= 4 is 28.5 Å². The SMILES string of the molecule is Cc1ccc2onc(CC(=O)Nc3cccc(C(=O)O)c3)c2c1. The van der Waals surface area contributed by atoms with E-state index in [2.05, 4.69) is 10.5 Å². The monoisotopic (exact) mass is 310 g/mol. The molecule has 2 N–H and O–H groups in total. The number of aromatic carboxylic acids is 1. The number of fused-ring (bicyclic) bond motifs is 1. The van der Waals surface area contributed by atoms with Crippen LogP contribution in [0.2, 0.25) is 0 Å². The van der Waals surface area contributed by atoms with Gasteiger partial charge in [-0.2, -0.15) is 0 Å². The minimum atomic E-state index is -1.04. The number of carbonyl (C=O) groups is 2. The van der Waals surface area contributed by atoms with Crippen molar-refractivity contribution in [3.63, 3.8) is 0 Å². The molecule has 0 saturated heterocycles. The Morgan fingerprint density at radius 1 is 1.22 bits per heavy atom. The van der Waals surface area contributed by atoms with Gasteiger partial charge < -0.3 is 14.9 Å². The predicted molar refractivity (Wildman–Crippen MR) is 84.5 cm³/mol. The van der Waals surface area contributed by atoms with Crippen LogP contribution < -0.4 is 5.32 Å². The van der Waals surface area contributed by atoms with Gasteiger partial charge in [-0.3, -0.25) is 4.79 Å². The fraction of sp³-hybridized carbons (Fsp3) is 0.118. The van der Waals surface area contributed by atoms with Gasteiger partial charge in [0.05, 0.1) is 12.0 Å². The molecule has 0 radical (unpaired) electrons. The summed E-state index contributed by atoms with van der Waals surface area (Å²) in [6.07, 6.45) is 0.0494. The third-order valence-corrected chi connectivity index (χ3v) is 3.42. The fourth-order valence-corrected chi connectivity index (χ4v) is 2.32. The molecule has 6 nitrogen and oxygen atoms in total. The van der Waals surface area contributed by atoms with E-state index in [-0.39, 0.29) is 17.9 Å². The zero-order valence-corrected chi connectivity index (χ0v) is 12.4. The highest BCUT2D eigenvalue weighted by atomic mass is 16.5. The first-order valence-electron chi connectivity index (χ1n) is 7.01. The number of carboxylic acids is 1. The second-order valence-corrected chi connectivity index (χ2v) is 5.24. The number of amides is 1. The van der Waals surface area contributed by atoms with Crippen molar-refractivity contribution in [3.8, 4) is 0 Å². The number of aromatic nitrogens is 1. The first kappa shape index (κ1) is 14.8. The van der Waals surface area contributed by atoms with Crippen LogP contribution in [0.3, 0.4) is 0 Å². The standard InChI is InChI=1S/C17H14N2O4/c1-10-5-6-15-13(7-10)14(19-23-15)9-16(20)18-12-4-2-3-11(8-12)17(21)22/h2-8H,9H2,1H3,(H,18,20)(H,21,22). The molecule has 23 heavy (non-hydrogen) atoms. The molecule has 0 fully saturated rings. The minimum absolute atomic E-state index is 0.0494. The normalized spacial score (nSPS) is 10.7. The van der Waals surface area contributed by atoms with Crippen molar-refractivity contribution in [1.82, 2.24) is 5.16 Å². The molecule has 3 aromatic rings. The molecule has 0 spiro atoms. The van der Waals surface area contributed by atoms with Crippen LogP contribution in [0, 0.1) is 6.92 Å². The van der Waals surface area contributed by atoms with Crippen molar-refractivity contribution in [1.29, 1.82) is 0 Å². The summed E-state index contributed by atoms with van der Waals surface area (Å²) in [5, 5.41) is 16.4. The summed E-state index contributed by atoms with van der Waals surface area (Å²) in [6, 6.07) is 11.7. The summed E-state index contributed by atoms with van der Waals surface area (Å²) >= 11 is 0. The molecule has 0 bridgehead atoms. The van der Waals surface area contributed by atoms with E-state index in [1.165, 1.54) is 12.1 Å². The smallest absolute Gasteiger partial charge is 0.335 e. The highest BCUT2D eigenvalue weighted by Gasteiger charge is 2.13. The van der Waals surface area contributed by atoms with E-state index in [1.54, 1.807) is 12.1 Å². The molecule has 0 aliphatic rings. The van der Waals surface area contributed by atoms with Gasteiger partial charge in [-0.15, -0.1) is 0 Å². The van der Waals surface area contributed by atoms with Crippen LogP contribution in [0.4, 0.5) is 5.69 Å². The second kappa shape index (κ2) is 5.92. The van der Waals surface area contributed by atoms with Crippen LogP contribution in [-0.4, -0.2) is 22.1 Å². The summed E-state index contributed by atoms with van der Waals surface area (Å²) in [7, 11) is 0. The highest BCUT2D eigenvalue weighted by Crippen LogP contribution is 2.20. The maximum atomic E-state index is 12.1. The fourth-order valence-electron chi connectivity index (χ4n) is 2.32. The lowest BCUT2D eigenvalue weighted by Crippen LogP contribution is -2.15. The second-order valence-electron chi connectivity index (χ2n) is 5.24. The van der Waals surface area contributed by atoms with Gasteiger partial charge in [0.25, 0.3) is 0 Å². The van der Waals surface area contributed by atoms with Crippen molar-refractivity contribution in [3.05, 3.63) is 59.3 Å². The molecule has 0 atom stereocenters. The van der Waals surface area contributed by atoms with E-state index in [0.29, 0.717) is 17.0 Å². The van der Waals surface area contributed by atoms with Crippen LogP contribution in [0.1, 0.15) is 21.6 Å². The molecule has 0 aliphatic carbocycles. The van der Waals surface area contributed by atoms with Crippen LogP contribution in [0.5, 0.6) is 0 Å². The van der Waals surface area contributed by atoms with Crippen LogP contribution in [0.25, 0.3) is 11.0 Å². The first-order valence-corrected chi connectivity index (χ1v) is 7.01. The number of hydrogen-bond donors (Lipinski definition) is 2. The van der Waals surface area contributed by atoms with Crippen LogP contribution in [-0.2, 0) is 11.2 Å². The van der Waals surface area contributed by atoms with Gasteiger partial charge in [-0.1, -0.05) is 22.9 Å². The average Bonchev–Trinajstić information content (AvgIpc) is 2.89. The largest absolute Gasteiger partial charge is 0.478 e. The van der Waals surface area contributed by atoms with Crippen molar-refractivity contribution < 1.29 is 19.2 Å². The Labute approximate surface area is 131 Å². The summed E-state index contributed by atoms with van der Waals surface area (Å²) in [5.41, 5.74) is 2.78.